The molecule has 13 heteroatoms. The van der Waals surface area contributed by atoms with Gasteiger partial charge in [0.05, 0.1) is 0 Å². The molecular weight excluding hydrogens is 565 g/mol. The first-order valence-corrected chi connectivity index (χ1v) is 13.3. The van der Waals surface area contributed by atoms with E-state index in [-0.39, 0.29) is 35.7 Å². The predicted octanol–water partition coefficient (Wildman–Crippen LogP) is 5.65. The highest BCUT2D eigenvalue weighted by atomic mass is 35.5. The first-order valence-electron chi connectivity index (χ1n) is 12.9. The summed E-state index contributed by atoms with van der Waals surface area (Å²) in [4.78, 5) is 40.3. The summed E-state index contributed by atoms with van der Waals surface area (Å²) in [7, 11) is 0. The Morgan fingerprint density at radius 3 is 2.17 bits per heavy atom. The summed E-state index contributed by atoms with van der Waals surface area (Å²) in [6.45, 7) is 13.4. The molecule has 0 aliphatic heterocycles. The molecule has 0 bridgehead atoms. The first kappa shape index (κ1) is 35.5. The Hall–Kier alpha value is -3.54. The highest BCUT2D eigenvalue weighted by Gasteiger charge is 2.38. The van der Waals surface area contributed by atoms with Gasteiger partial charge < -0.3 is 25.4 Å². The van der Waals surface area contributed by atoms with Crippen LogP contribution in [-0.4, -0.2) is 70.7 Å². The summed E-state index contributed by atoms with van der Waals surface area (Å²) in [5.74, 6) is -2.49. The van der Waals surface area contributed by atoms with Crippen LogP contribution in [0.5, 0.6) is 5.75 Å². The number of pyridine rings is 1. The quantitative estimate of drug-likeness (QED) is 0.284. The number of aromatic nitrogens is 1. The number of alkyl halides is 3. The lowest BCUT2D eigenvalue weighted by Gasteiger charge is -2.30. The number of carboxylic acid groups (broad SMARTS) is 1. The van der Waals surface area contributed by atoms with E-state index in [1.807, 2.05) is 32.9 Å². The monoisotopic (exact) mass is 602 g/mol. The van der Waals surface area contributed by atoms with Crippen molar-refractivity contribution in [2.75, 3.05) is 25.0 Å². The average molecular weight is 603 g/mol. The number of carboxylic acids is 1. The lowest BCUT2D eigenvalue weighted by Crippen LogP contribution is -2.44. The Balaban J connectivity index is 0.00000106. The number of halogens is 4. The van der Waals surface area contributed by atoms with Crippen LogP contribution in [0.3, 0.4) is 0 Å². The first-order chi connectivity index (χ1) is 18.9. The standard InChI is InChI=1S/C26H37ClN4O3.C2HF3O2/c1-18(2)31(13-9-24(32)30-19(3)26(4,5)6)25(33)20-15-21(27)17-23(16-20)34-14-12-29-22-7-10-28-11-8-22;3-2(4,5)1(6)7/h7-8,10-11,15-19H,9,12-14H2,1-6H3,(H,28,29)(H,30,32);(H,6,7). The van der Waals surface area contributed by atoms with E-state index in [4.69, 9.17) is 26.2 Å². The van der Waals surface area contributed by atoms with Gasteiger partial charge in [-0.2, -0.15) is 13.2 Å². The van der Waals surface area contributed by atoms with Crippen LogP contribution in [0.1, 0.15) is 58.3 Å². The molecular formula is C28H38ClF3N4O5. The molecule has 1 heterocycles. The highest BCUT2D eigenvalue weighted by Crippen LogP contribution is 2.23. The summed E-state index contributed by atoms with van der Waals surface area (Å²) in [5.41, 5.74) is 1.35. The van der Waals surface area contributed by atoms with E-state index in [0.29, 0.717) is 36.0 Å². The maximum atomic E-state index is 13.3. The number of ether oxygens (including phenoxy) is 1. The van der Waals surface area contributed by atoms with Crippen LogP contribution in [0.2, 0.25) is 5.02 Å². The van der Waals surface area contributed by atoms with Crippen molar-refractivity contribution in [2.45, 2.75) is 66.2 Å². The maximum absolute atomic E-state index is 13.3. The molecule has 2 aromatic rings. The Labute approximate surface area is 243 Å². The number of benzene rings is 1. The molecule has 0 saturated carbocycles. The van der Waals surface area contributed by atoms with Gasteiger partial charge in [0.1, 0.15) is 12.4 Å². The van der Waals surface area contributed by atoms with Crippen molar-refractivity contribution >= 4 is 35.1 Å². The van der Waals surface area contributed by atoms with Crippen LogP contribution < -0.4 is 15.4 Å². The molecule has 0 aliphatic rings. The molecule has 0 spiro atoms. The number of aliphatic carboxylic acids is 1. The third-order valence-corrected chi connectivity index (χ3v) is 6.10. The zero-order valence-electron chi connectivity index (χ0n) is 24.0. The zero-order valence-corrected chi connectivity index (χ0v) is 24.8. The minimum atomic E-state index is -5.08. The van der Waals surface area contributed by atoms with Crippen molar-refractivity contribution in [1.29, 1.82) is 0 Å². The molecule has 41 heavy (non-hydrogen) atoms. The number of nitrogens with zero attached hydrogens (tertiary/aromatic N) is 2. The largest absolute Gasteiger partial charge is 0.492 e. The topological polar surface area (TPSA) is 121 Å². The van der Waals surface area contributed by atoms with Crippen LogP contribution in [-0.2, 0) is 9.59 Å². The van der Waals surface area contributed by atoms with E-state index >= 15 is 0 Å². The van der Waals surface area contributed by atoms with E-state index in [2.05, 4.69) is 36.4 Å². The molecule has 0 fully saturated rings. The van der Waals surface area contributed by atoms with Gasteiger partial charge in [-0.3, -0.25) is 14.6 Å². The molecule has 1 aromatic heterocycles. The van der Waals surface area contributed by atoms with Crippen LogP contribution in [0.15, 0.2) is 42.7 Å². The van der Waals surface area contributed by atoms with E-state index < -0.39 is 12.1 Å². The van der Waals surface area contributed by atoms with Gasteiger partial charge in [0.2, 0.25) is 5.91 Å². The number of amides is 2. The van der Waals surface area contributed by atoms with Crippen molar-refractivity contribution in [3.8, 4) is 5.75 Å². The molecule has 1 aromatic carbocycles. The van der Waals surface area contributed by atoms with Gasteiger partial charge in [-0.15, -0.1) is 0 Å². The van der Waals surface area contributed by atoms with E-state index in [9.17, 15) is 22.8 Å². The fourth-order valence-corrected chi connectivity index (χ4v) is 3.34. The smallest absolute Gasteiger partial charge is 0.490 e. The summed E-state index contributed by atoms with van der Waals surface area (Å²) in [5, 5.41) is 13.8. The summed E-state index contributed by atoms with van der Waals surface area (Å²) < 4.78 is 37.6. The molecule has 9 nitrogen and oxygen atoms in total. The fourth-order valence-electron chi connectivity index (χ4n) is 3.12. The van der Waals surface area contributed by atoms with E-state index in [1.54, 1.807) is 35.5 Å². The minimum Gasteiger partial charge on any atom is -0.492 e. The van der Waals surface area contributed by atoms with Gasteiger partial charge in [-0.05, 0) is 56.5 Å². The number of nitrogens with one attached hydrogen (secondary N) is 2. The number of carbonyl (C=O) groups is 3. The third-order valence-electron chi connectivity index (χ3n) is 5.88. The third kappa shape index (κ3) is 13.6. The van der Waals surface area contributed by atoms with Crippen LogP contribution >= 0.6 is 11.6 Å². The van der Waals surface area contributed by atoms with Crippen molar-refractivity contribution in [1.82, 2.24) is 15.2 Å². The molecule has 0 radical (unpaired) electrons. The molecule has 1 unspecified atom stereocenters. The second-order valence-corrected chi connectivity index (χ2v) is 10.9. The molecule has 0 saturated heterocycles. The second kappa shape index (κ2) is 16.0. The maximum Gasteiger partial charge on any atom is 0.490 e. The SMILES string of the molecule is CC(C)N(CCC(=O)NC(C)C(C)(C)C)C(=O)c1cc(Cl)cc(OCCNc2ccncc2)c1.O=C(O)C(F)(F)F. The number of anilines is 1. The Morgan fingerprint density at radius 2 is 1.66 bits per heavy atom. The summed E-state index contributed by atoms with van der Waals surface area (Å²) in [6.07, 6.45) is -1.42. The Kier molecular flexibility index (Phi) is 13.9. The highest BCUT2D eigenvalue weighted by molar-refractivity contribution is 6.31. The number of carbonyl (C=O) groups excluding carboxylic acids is 2. The molecule has 0 aliphatic carbocycles. The van der Waals surface area contributed by atoms with Gasteiger partial charge in [-0.1, -0.05) is 32.4 Å². The number of hydrogen-bond donors (Lipinski definition) is 3. The van der Waals surface area contributed by atoms with Crippen LogP contribution in [0.4, 0.5) is 18.9 Å². The lowest BCUT2D eigenvalue weighted by atomic mass is 9.88. The Morgan fingerprint density at radius 1 is 1.07 bits per heavy atom. The Bertz CT molecular complexity index is 1140. The van der Waals surface area contributed by atoms with Gasteiger partial charge in [0.25, 0.3) is 5.91 Å². The number of hydrogen-bond acceptors (Lipinski definition) is 6. The second-order valence-electron chi connectivity index (χ2n) is 10.5. The van der Waals surface area contributed by atoms with Gasteiger partial charge in [-0.25, -0.2) is 4.79 Å². The van der Waals surface area contributed by atoms with E-state index in [0.717, 1.165) is 5.69 Å². The van der Waals surface area contributed by atoms with Crippen molar-refractivity contribution in [3.63, 3.8) is 0 Å². The normalized spacial score (nSPS) is 12.1. The lowest BCUT2D eigenvalue weighted by molar-refractivity contribution is -0.192. The predicted molar refractivity (Wildman–Crippen MR) is 151 cm³/mol. The molecule has 2 rings (SSSR count). The number of rotatable bonds is 11. The molecule has 1 atom stereocenters. The summed E-state index contributed by atoms with van der Waals surface area (Å²) >= 11 is 6.28. The molecule has 228 valence electrons. The zero-order chi connectivity index (χ0) is 31.4. The van der Waals surface area contributed by atoms with Crippen molar-refractivity contribution < 1.29 is 37.4 Å². The van der Waals surface area contributed by atoms with Gasteiger partial charge in [0, 0.05) is 60.3 Å². The van der Waals surface area contributed by atoms with Crippen LogP contribution in [0, 0.1) is 5.41 Å². The van der Waals surface area contributed by atoms with Gasteiger partial charge in [0.15, 0.2) is 0 Å². The average Bonchev–Trinajstić information content (AvgIpc) is 2.86. The van der Waals surface area contributed by atoms with Crippen molar-refractivity contribution in [2.24, 2.45) is 5.41 Å². The van der Waals surface area contributed by atoms with E-state index in [1.165, 1.54) is 0 Å². The van der Waals surface area contributed by atoms with Crippen LogP contribution in [0.25, 0.3) is 0 Å². The minimum absolute atomic E-state index is 0.0314. The summed E-state index contributed by atoms with van der Waals surface area (Å²) in [6, 6.07) is 8.71. The molecule has 2 amide bonds. The molecule has 3 N–H and O–H groups in total. The fraction of sp³-hybridized carbons (Fsp3) is 0.500. The van der Waals surface area contributed by atoms with Crippen molar-refractivity contribution in [3.05, 3.63) is 53.3 Å². The van der Waals surface area contributed by atoms with Gasteiger partial charge >= 0.3 is 12.1 Å².